The first-order valence-electron chi connectivity index (χ1n) is 5.91. The second kappa shape index (κ2) is 5.84. The molecule has 0 saturated heterocycles. The van der Waals surface area contributed by atoms with Crippen LogP contribution in [0.4, 0.5) is 0 Å². The van der Waals surface area contributed by atoms with Crippen LogP contribution in [0.3, 0.4) is 0 Å². The molecule has 1 aromatic heterocycles. The minimum atomic E-state index is 0.0306. The molecule has 0 atom stereocenters. The first-order valence-corrected chi connectivity index (χ1v) is 7.52. The molecule has 0 spiro atoms. The summed E-state index contributed by atoms with van der Waals surface area (Å²) in [5.41, 5.74) is 1.91. The van der Waals surface area contributed by atoms with Crippen molar-refractivity contribution < 1.29 is 4.79 Å². The van der Waals surface area contributed by atoms with E-state index in [1.807, 2.05) is 45.2 Å². The van der Waals surface area contributed by atoms with Crippen molar-refractivity contribution in [1.29, 1.82) is 0 Å². The maximum absolute atomic E-state index is 12.4. The second-order valence-corrected chi connectivity index (χ2v) is 6.56. The van der Waals surface area contributed by atoms with E-state index < -0.39 is 0 Å². The number of amides is 1. The molecule has 0 radical (unpaired) electrons. The van der Waals surface area contributed by atoms with Crippen molar-refractivity contribution in [3.63, 3.8) is 0 Å². The molecular weight excluding hydrogens is 324 g/mol. The molecule has 2 rings (SSSR count). The van der Waals surface area contributed by atoms with Gasteiger partial charge in [-0.15, -0.1) is 11.3 Å². The van der Waals surface area contributed by atoms with E-state index in [4.69, 9.17) is 0 Å². The van der Waals surface area contributed by atoms with Gasteiger partial charge in [0.2, 0.25) is 0 Å². The van der Waals surface area contributed by atoms with E-state index in [1.165, 1.54) is 11.3 Å². The van der Waals surface area contributed by atoms with E-state index in [0.29, 0.717) is 6.54 Å². The maximum Gasteiger partial charge on any atom is 0.265 e. The van der Waals surface area contributed by atoms with Crippen molar-refractivity contribution in [2.24, 2.45) is 0 Å². The highest BCUT2D eigenvalue weighted by Crippen LogP contribution is 2.20. The van der Waals surface area contributed by atoms with Gasteiger partial charge in [0.15, 0.2) is 0 Å². The van der Waals surface area contributed by atoms with Crippen molar-refractivity contribution in [3.05, 3.63) is 49.9 Å². The largest absolute Gasteiger partial charge is 0.337 e. The average Bonchev–Trinajstić information content (AvgIpc) is 2.67. The van der Waals surface area contributed by atoms with Crippen molar-refractivity contribution in [2.45, 2.75) is 20.4 Å². The highest BCUT2D eigenvalue weighted by molar-refractivity contribution is 9.10. The van der Waals surface area contributed by atoms with E-state index in [0.717, 1.165) is 25.6 Å². The standard InChI is InChI=1S/C14H15BrN2OS/c1-9-13(19-10(2)16-9)14(18)17(3)8-11-5-4-6-12(15)7-11/h4-7H,8H2,1-3H3. The monoisotopic (exact) mass is 338 g/mol. The van der Waals surface area contributed by atoms with Crippen LogP contribution in [0.1, 0.15) is 25.9 Å². The predicted octanol–water partition coefficient (Wildman–Crippen LogP) is 3.79. The number of aromatic nitrogens is 1. The number of hydrogen-bond acceptors (Lipinski definition) is 3. The Hall–Kier alpha value is -1.20. The Morgan fingerprint density at radius 2 is 2.16 bits per heavy atom. The third kappa shape index (κ3) is 3.42. The fourth-order valence-corrected chi connectivity index (χ4v) is 3.25. The van der Waals surface area contributed by atoms with E-state index in [-0.39, 0.29) is 5.91 Å². The number of carbonyl (C=O) groups is 1. The van der Waals surface area contributed by atoms with Gasteiger partial charge in [-0.25, -0.2) is 4.98 Å². The Bertz CT molecular complexity index is 609. The van der Waals surface area contributed by atoms with Gasteiger partial charge in [0.1, 0.15) is 4.88 Å². The predicted molar refractivity (Wildman–Crippen MR) is 81.5 cm³/mol. The van der Waals surface area contributed by atoms with Gasteiger partial charge in [-0.3, -0.25) is 4.79 Å². The van der Waals surface area contributed by atoms with Crippen LogP contribution in [-0.4, -0.2) is 22.8 Å². The fourth-order valence-electron chi connectivity index (χ4n) is 1.88. The lowest BCUT2D eigenvalue weighted by Crippen LogP contribution is -2.26. The Morgan fingerprint density at radius 3 is 2.74 bits per heavy atom. The van der Waals surface area contributed by atoms with Gasteiger partial charge in [0, 0.05) is 18.1 Å². The number of benzene rings is 1. The average molecular weight is 339 g/mol. The molecule has 0 aliphatic carbocycles. The summed E-state index contributed by atoms with van der Waals surface area (Å²) in [4.78, 5) is 19.1. The molecule has 19 heavy (non-hydrogen) atoms. The van der Waals surface area contributed by atoms with Crippen LogP contribution < -0.4 is 0 Å². The number of thiazole rings is 1. The van der Waals surface area contributed by atoms with Crippen LogP contribution in [0.25, 0.3) is 0 Å². The molecule has 1 aromatic carbocycles. The van der Waals surface area contributed by atoms with Crippen molar-refractivity contribution in [1.82, 2.24) is 9.88 Å². The number of carbonyl (C=O) groups excluding carboxylic acids is 1. The van der Waals surface area contributed by atoms with Crippen molar-refractivity contribution in [2.75, 3.05) is 7.05 Å². The minimum Gasteiger partial charge on any atom is -0.337 e. The van der Waals surface area contributed by atoms with Gasteiger partial charge in [-0.1, -0.05) is 28.1 Å². The molecule has 5 heteroatoms. The van der Waals surface area contributed by atoms with Crippen LogP contribution >= 0.6 is 27.3 Å². The van der Waals surface area contributed by atoms with Gasteiger partial charge < -0.3 is 4.90 Å². The molecule has 100 valence electrons. The number of nitrogens with zero attached hydrogens (tertiary/aromatic N) is 2. The van der Waals surface area contributed by atoms with Gasteiger partial charge in [0.05, 0.1) is 10.7 Å². The second-order valence-electron chi connectivity index (χ2n) is 4.44. The Balaban J connectivity index is 2.14. The molecule has 0 fully saturated rings. The molecule has 2 aromatic rings. The molecule has 0 aliphatic heterocycles. The van der Waals surface area contributed by atoms with E-state index in [1.54, 1.807) is 4.90 Å². The lowest BCUT2D eigenvalue weighted by atomic mass is 10.2. The molecule has 0 unspecified atom stereocenters. The number of aryl methyl sites for hydroxylation is 2. The molecule has 1 heterocycles. The first kappa shape index (κ1) is 14.2. The molecular formula is C14H15BrN2OS. The summed E-state index contributed by atoms with van der Waals surface area (Å²) < 4.78 is 1.02. The third-order valence-electron chi connectivity index (χ3n) is 2.75. The zero-order valence-electron chi connectivity index (χ0n) is 11.1. The van der Waals surface area contributed by atoms with Crippen LogP contribution in [0, 0.1) is 13.8 Å². The number of halogens is 1. The van der Waals surface area contributed by atoms with Gasteiger partial charge in [-0.05, 0) is 31.5 Å². The van der Waals surface area contributed by atoms with Gasteiger partial charge in [-0.2, -0.15) is 0 Å². The Kier molecular flexibility index (Phi) is 4.37. The molecule has 3 nitrogen and oxygen atoms in total. The van der Waals surface area contributed by atoms with Crippen LogP contribution in [0.2, 0.25) is 0 Å². The van der Waals surface area contributed by atoms with E-state index in [9.17, 15) is 4.79 Å². The smallest absolute Gasteiger partial charge is 0.265 e. The molecule has 0 aliphatic rings. The lowest BCUT2D eigenvalue weighted by molar-refractivity contribution is 0.0789. The lowest BCUT2D eigenvalue weighted by Gasteiger charge is -2.16. The van der Waals surface area contributed by atoms with E-state index in [2.05, 4.69) is 20.9 Å². The zero-order chi connectivity index (χ0) is 14.0. The topological polar surface area (TPSA) is 33.2 Å². The highest BCUT2D eigenvalue weighted by Gasteiger charge is 2.18. The first-order chi connectivity index (χ1) is 8.97. The summed E-state index contributed by atoms with van der Waals surface area (Å²) in [5.74, 6) is 0.0306. The highest BCUT2D eigenvalue weighted by atomic mass is 79.9. The maximum atomic E-state index is 12.4. The summed E-state index contributed by atoms with van der Waals surface area (Å²) in [7, 11) is 1.82. The number of hydrogen-bond donors (Lipinski definition) is 0. The van der Waals surface area contributed by atoms with Gasteiger partial charge in [0.25, 0.3) is 5.91 Å². The zero-order valence-corrected chi connectivity index (χ0v) is 13.5. The van der Waals surface area contributed by atoms with Crippen LogP contribution in [0.5, 0.6) is 0 Å². The van der Waals surface area contributed by atoms with Gasteiger partial charge >= 0.3 is 0 Å². The van der Waals surface area contributed by atoms with Crippen LogP contribution in [-0.2, 0) is 6.54 Å². The summed E-state index contributed by atoms with van der Waals surface area (Å²) in [5, 5.41) is 0.928. The molecule has 0 bridgehead atoms. The normalized spacial score (nSPS) is 10.5. The number of rotatable bonds is 3. The Morgan fingerprint density at radius 1 is 1.42 bits per heavy atom. The molecule has 0 saturated carbocycles. The Labute approximate surface area is 125 Å². The third-order valence-corrected chi connectivity index (χ3v) is 4.31. The molecule has 1 amide bonds. The minimum absolute atomic E-state index is 0.0306. The summed E-state index contributed by atoms with van der Waals surface area (Å²) >= 11 is 4.89. The summed E-state index contributed by atoms with van der Waals surface area (Å²) in [6.07, 6.45) is 0. The molecule has 0 N–H and O–H groups in total. The SMILES string of the molecule is Cc1nc(C)c(C(=O)N(C)Cc2cccc(Br)c2)s1. The van der Waals surface area contributed by atoms with E-state index >= 15 is 0 Å². The van der Waals surface area contributed by atoms with Crippen molar-refractivity contribution in [3.8, 4) is 0 Å². The van der Waals surface area contributed by atoms with Crippen LogP contribution in [0.15, 0.2) is 28.7 Å². The summed E-state index contributed by atoms with van der Waals surface area (Å²) in [6, 6.07) is 7.98. The summed E-state index contributed by atoms with van der Waals surface area (Å²) in [6.45, 7) is 4.39. The quantitative estimate of drug-likeness (QED) is 0.852. The fraction of sp³-hybridized carbons (Fsp3) is 0.286. The van der Waals surface area contributed by atoms with Crippen molar-refractivity contribution >= 4 is 33.2 Å².